The van der Waals surface area contributed by atoms with E-state index in [1.165, 1.54) is 11.1 Å². The summed E-state index contributed by atoms with van der Waals surface area (Å²) in [7, 11) is 2.67. The van der Waals surface area contributed by atoms with Crippen molar-refractivity contribution in [1.82, 2.24) is 4.90 Å². The highest BCUT2D eigenvalue weighted by Gasteiger charge is 2.52. The van der Waals surface area contributed by atoms with Gasteiger partial charge in [0.15, 0.2) is 6.19 Å². The lowest BCUT2D eigenvalue weighted by molar-refractivity contribution is 0.00578. The molecule has 6 nitrogen and oxygen atoms in total. The second kappa shape index (κ2) is 8.85. The van der Waals surface area contributed by atoms with Crippen LogP contribution in [0.15, 0.2) is 23.5 Å². The first-order valence-electron chi connectivity index (χ1n) is 7.79. The predicted octanol–water partition coefficient (Wildman–Crippen LogP) is 2.43. The fourth-order valence-electron chi connectivity index (χ4n) is 1.80. The van der Waals surface area contributed by atoms with Gasteiger partial charge in [-0.1, -0.05) is 13.8 Å². The third-order valence-electron chi connectivity index (χ3n) is 3.87. The molecule has 0 spiro atoms. The van der Waals surface area contributed by atoms with Gasteiger partial charge in [-0.25, -0.2) is 0 Å². The lowest BCUT2D eigenvalue weighted by atomic mass is 9.78. The van der Waals surface area contributed by atoms with Gasteiger partial charge in [-0.05, 0) is 40.0 Å². The van der Waals surface area contributed by atoms with Crippen LogP contribution < -0.4 is 5.73 Å². The fraction of sp³-hybridized carbons (Fsp3) is 0.688. The second-order valence-electron chi connectivity index (χ2n) is 6.03. The monoisotopic (exact) mass is 323 g/mol. The highest BCUT2D eigenvalue weighted by Crippen LogP contribution is 2.38. The molecule has 0 saturated carbocycles. The van der Waals surface area contributed by atoms with Gasteiger partial charge in [-0.3, -0.25) is 0 Å². The van der Waals surface area contributed by atoms with Gasteiger partial charge in [-0.15, -0.1) is 0 Å². The van der Waals surface area contributed by atoms with Crippen molar-refractivity contribution in [1.29, 1.82) is 5.26 Å². The first-order chi connectivity index (χ1) is 10.7. The number of allylic oxidation sites excluding steroid dienone is 2. The van der Waals surface area contributed by atoms with Crippen molar-refractivity contribution in [2.24, 2.45) is 5.73 Å². The van der Waals surface area contributed by atoms with Crippen LogP contribution in [-0.4, -0.2) is 43.9 Å². The summed E-state index contributed by atoms with van der Waals surface area (Å²) in [6.07, 6.45) is 5.20. The van der Waals surface area contributed by atoms with E-state index in [4.69, 9.17) is 25.0 Å². The Morgan fingerprint density at radius 1 is 1.26 bits per heavy atom. The van der Waals surface area contributed by atoms with Crippen molar-refractivity contribution >= 4 is 7.12 Å². The van der Waals surface area contributed by atoms with Crippen LogP contribution in [0.1, 0.15) is 41.5 Å². The first-order valence-corrected chi connectivity index (χ1v) is 7.79. The molecule has 1 aliphatic rings. The molecular formula is C16H30BN3O3. The van der Waals surface area contributed by atoms with Crippen LogP contribution in [0.4, 0.5) is 0 Å². The van der Waals surface area contributed by atoms with Gasteiger partial charge >= 0.3 is 7.12 Å². The van der Waals surface area contributed by atoms with E-state index in [-0.39, 0.29) is 0 Å². The minimum atomic E-state index is -0.558. The lowest BCUT2D eigenvalue weighted by Crippen LogP contribution is -2.41. The van der Waals surface area contributed by atoms with Gasteiger partial charge in [0.2, 0.25) is 0 Å². The molecule has 1 rings (SSSR count). The summed E-state index contributed by atoms with van der Waals surface area (Å²) in [5.41, 5.74) is 5.49. The quantitative estimate of drug-likeness (QED) is 0.275. The summed E-state index contributed by atoms with van der Waals surface area (Å²) in [4.78, 5) is 1.45. The predicted molar refractivity (Wildman–Crippen MR) is 93.0 cm³/mol. The highest BCUT2D eigenvalue weighted by atomic mass is 16.7. The van der Waals surface area contributed by atoms with Crippen LogP contribution in [0.5, 0.6) is 0 Å². The van der Waals surface area contributed by atoms with Gasteiger partial charge in [0.25, 0.3) is 0 Å². The molecule has 23 heavy (non-hydrogen) atoms. The molecule has 0 atom stereocenters. The maximum Gasteiger partial charge on any atom is 0.496 e. The number of hydrogen-bond donors (Lipinski definition) is 1. The van der Waals surface area contributed by atoms with Gasteiger partial charge in [0.05, 0.1) is 24.9 Å². The SMILES string of the molecule is CC.CO/C(=C/C(=C\N)B1OC(C)(C)C(C)(C)O1)CN(C)C#N. The zero-order valence-electron chi connectivity index (χ0n) is 15.6. The number of nitrogens with zero attached hydrogens (tertiary/aromatic N) is 2. The minimum Gasteiger partial charge on any atom is -0.499 e. The molecule has 1 saturated heterocycles. The number of ether oxygens (including phenoxy) is 1. The standard InChI is InChI=1S/C14H24BN3O3.C2H6/c1-13(2)14(3,4)21-15(20-13)11(8-16)7-12(19-6)9-18(5)10-17;1-2/h7-8H,9,16H2,1-6H3;1-2H3/b11-8+,12-7+;. The van der Waals surface area contributed by atoms with E-state index in [9.17, 15) is 0 Å². The number of likely N-dealkylation sites (N-methyl/N-ethyl adjacent to an activating group) is 1. The summed E-state index contributed by atoms with van der Waals surface area (Å²) >= 11 is 0. The summed E-state index contributed by atoms with van der Waals surface area (Å²) in [6, 6.07) is 0. The van der Waals surface area contributed by atoms with E-state index < -0.39 is 18.3 Å². The second-order valence-corrected chi connectivity index (χ2v) is 6.03. The van der Waals surface area contributed by atoms with E-state index in [2.05, 4.69) is 0 Å². The molecule has 1 heterocycles. The largest absolute Gasteiger partial charge is 0.499 e. The molecule has 0 unspecified atom stereocenters. The van der Waals surface area contributed by atoms with E-state index in [1.807, 2.05) is 47.7 Å². The first kappa shape index (κ1) is 21.4. The maximum atomic E-state index is 8.82. The van der Waals surface area contributed by atoms with E-state index >= 15 is 0 Å². The zero-order chi connectivity index (χ0) is 18.3. The topological polar surface area (TPSA) is 80.7 Å². The molecule has 130 valence electrons. The van der Waals surface area contributed by atoms with Crippen LogP contribution in [0.2, 0.25) is 0 Å². The molecule has 1 aliphatic heterocycles. The molecule has 0 bridgehead atoms. The van der Waals surface area contributed by atoms with Gasteiger partial charge in [0.1, 0.15) is 5.76 Å². The van der Waals surface area contributed by atoms with Crippen molar-refractivity contribution in [2.45, 2.75) is 52.7 Å². The molecule has 0 aromatic heterocycles. The Morgan fingerprint density at radius 2 is 1.74 bits per heavy atom. The third kappa shape index (κ3) is 5.49. The zero-order valence-corrected chi connectivity index (χ0v) is 15.6. The van der Waals surface area contributed by atoms with Gasteiger partial charge < -0.3 is 24.7 Å². The molecule has 0 aromatic rings. The Labute approximate surface area is 141 Å². The van der Waals surface area contributed by atoms with E-state index in [0.717, 1.165) is 0 Å². The van der Waals surface area contributed by atoms with Crippen LogP contribution in [0.25, 0.3) is 0 Å². The van der Waals surface area contributed by atoms with Crippen LogP contribution >= 0.6 is 0 Å². The van der Waals surface area contributed by atoms with Crippen molar-refractivity contribution < 1.29 is 14.0 Å². The fourth-order valence-corrected chi connectivity index (χ4v) is 1.80. The van der Waals surface area contributed by atoms with E-state index in [0.29, 0.717) is 17.8 Å². The van der Waals surface area contributed by atoms with Gasteiger partial charge in [-0.2, -0.15) is 5.26 Å². The number of hydrogen-bond acceptors (Lipinski definition) is 6. The Kier molecular flexibility index (Phi) is 8.22. The summed E-state index contributed by atoms with van der Waals surface area (Å²) in [6.45, 7) is 12.3. The highest BCUT2D eigenvalue weighted by molar-refractivity contribution is 6.55. The van der Waals surface area contributed by atoms with Crippen LogP contribution in [-0.2, 0) is 14.0 Å². The lowest BCUT2D eigenvalue weighted by Gasteiger charge is -2.32. The Hall–Kier alpha value is -1.65. The van der Waals surface area contributed by atoms with Crippen molar-refractivity contribution in [2.75, 3.05) is 20.7 Å². The molecule has 1 fully saturated rings. The molecular weight excluding hydrogens is 293 g/mol. The molecule has 7 heteroatoms. The molecule has 0 radical (unpaired) electrons. The molecule has 0 aromatic carbocycles. The van der Waals surface area contributed by atoms with E-state index in [1.54, 1.807) is 20.2 Å². The average Bonchev–Trinajstić information content (AvgIpc) is 2.73. The maximum absolute atomic E-state index is 8.82. The Bertz CT molecular complexity index is 465. The van der Waals surface area contributed by atoms with Crippen LogP contribution in [0.3, 0.4) is 0 Å². The molecule has 2 N–H and O–H groups in total. The summed E-state index contributed by atoms with van der Waals surface area (Å²) in [5, 5.41) is 8.82. The molecule has 0 aliphatic carbocycles. The van der Waals surface area contributed by atoms with Crippen molar-refractivity contribution in [3.05, 3.63) is 23.5 Å². The van der Waals surface area contributed by atoms with Crippen molar-refractivity contribution in [3.8, 4) is 6.19 Å². The number of rotatable bonds is 5. The normalized spacial score (nSPS) is 19.5. The third-order valence-corrected chi connectivity index (χ3v) is 3.87. The Morgan fingerprint density at radius 3 is 2.09 bits per heavy atom. The van der Waals surface area contributed by atoms with Crippen molar-refractivity contribution in [3.63, 3.8) is 0 Å². The Balaban J connectivity index is 0.00000232. The number of nitriles is 1. The smallest absolute Gasteiger partial charge is 0.496 e. The minimum absolute atomic E-state index is 0.351. The number of methoxy groups -OCH3 is 1. The summed E-state index contributed by atoms with van der Waals surface area (Å²) in [5.74, 6) is 0.602. The van der Waals surface area contributed by atoms with Crippen LogP contribution in [0, 0.1) is 11.5 Å². The average molecular weight is 323 g/mol. The summed E-state index contributed by atoms with van der Waals surface area (Å²) < 4.78 is 17.2. The number of nitrogens with two attached hydrogens (primary N) is 1. The molecule has 0 amide bonds. The van der Waals surface area contributed by atoms with Gasteiger partial charge in [0, 0.05) is 12.5 Å².